The minimum absolute atomic E-state index is 0.00578. The third kappa shape index (κ3) is 4.07. The molecule has 0 unspecified atom stereocenters. The van der Waals surface area contributed by atoms with Crippen molar-refractivity contribution >= 4 is 11.8 Å². The molecule has 1 aromatic carbocycles. The summed E-state index contributed by atoms with van der Waals surface area (Å²) >= 11 is 0. The van der Waals surface area contributed by atoms with Crippen LogP contribution in [0, 0.1) is 56.2 Å². The van der Waals surface area contributed by atoms with Gasteiger partial charge in [-0.2, -0.15) is 0 Å². The van der Waals surface area contributed by atoms with Crippen LogP contribution in [0.25, 0.3) is 0 Å². The van der Waals surface area contributed by atoms with E-state index in [-0.39, 0.29) is 33.0 Å². The van der Waals surface area contributed by atoms with Crippen molar-refractivity contribution in [2.24, 2.45) is 56.2 Å². The molecule has 6 rings (SSSR count). The summed E-state index contributed by atoms with van der Waals surface area (Å²) in [6.45, 7) is 16.8. The maximum absolute atomic E-state index is 13.9. The van der Waals surface area contributed by atoms with Crippen LogP contribution in [0.15, 0.2) is 53.8 Å². The zero-order valence-corrected chi connectivity index (χ0v) is 28.9. The van der Waals surface area contributed by atoms with E-state index < -0.39 is 11.4 Å². The number of carbonyl (C=O) groups is 2. The first kappa shape index (κ1) is 31.6. The van der Waals surface area contributed by atoms with E-state index in [1.54, 1.807) is 0 Å². The molecule has 0 heterocycles. The van der Waals surface area contributed by atoms with Gasteiger partial charge in [-0.15, -0.1) is 0 Å². The molecule has 0 bridgehead atoms. The molecule has 1 N–H and O–H groups in total. The van der Waals surface area contributed by atoms with Crippen LogP contribution in [0.4, 0.5) is 0 Å². The lowest BCUT2D eigenvalue weighted by Crippen LogP contribution is -2.66. The Morgan fingerprint density at radius 3 is 2.27 bits per heavy atom. The average molecular weight is 600 g/mol. The smallest absolute Gasteiger partial charge is 0.310 e. The molecule has 4 saturated carbocycles. The van der Waals surface area contributed by atoms with Crippen molar-refractivity contribution in [3.63, 3.8) is 0 Å². The zero-order valence-electron chi connectivity index (χ0n) is 28.9. The lowest BCUT2D eigenvalue weighted by atomic mass is 9.32. The van der Waals surface area contributed by atoms with Crippen molar-refractivity contribution < 1.29 is 14.7 Å². The number of aliphatic carboxylic acids is 1. The first-order chi connectivity index (χ1) is 20.5. The van der Waals surface area contributed by atoms with Gasteiger partial charge in [-0.1, -0.05) is 90.4 Å². The Bertz CT molecular complexity index is 1410. The van der Waals surface area contributed by atoms with Crippen LogP contribution in [0.3, 0.4) is 0 Å². The van der Waals surface area contributed by atoms with Crippen LogP contribution in [0.2, 0.25) is 0 Å². The SMILES string of the molecule is C[C@@H]1CC[C@]2(C(=O)O)CC[C@]3(C)C(=CC[C@@H]4[C@@]5(C)CC(=CN(C)C)C(=O)C(C)(C)[C@@H]5CC[C@]43C)[C@@H]2[C@@]1(C)Cc1ccccc1. The van der Waals surface area contributed by atoms with E-state index >= 15 is 0 Å². The van der Waals surface area contributed by atoms with Gasteiger partial charge in [0.1, 0.15) is 0 Å². The number of ketones is 1. The summed E-state index contributed by atoms with van der Waals surface area (Å²) in [6.07, 6.45) is 13.0. The lowest BCUT2D eigenvalue weighted by Gasteiger charge is -2.71. The maximum Gasteiger partial charge on any atom is 0.310 e. The number of fused-ring (bicyclic) bond motifs is 7. The van der Waals surface area contributed by atoms with Gasteiger partial charge in [0, 0.05) is 37.2 Å². The average Bonchev–Trinajstić information content (AvgIpc) is 2.94. The number of allylic oxidation sites excluding steroid dienone is 3. The molecule has 44 heavy (non-hydrogen) atoms. The molecule has 5 aliphatic rings. The number of hydrogen-bond acceptors (Lipinski definition) is 3. The summed E-state index contributed by atoms with van der Waals surface area (Å²) in [5, 5.41) is 11.1. The zero-order chi connectivity index (χ0) is 32.1. The fourth-order valence-electron chi connectivity index (χ4n) is 12.6. The highest BCUT2D eigenvalue weighted by Crippen LogP contribution is 2.77. The highest BCUT2D eigenvalue weighted by molar-refractivity contribution is 6.00. The fraction of sp³-hybridized carbons (Fsp3) is 0.700. The van der Waals surface area contributed by atoms with Gasteiger partial charge in [0.2, 0.25) is 0 Å². The number of carboxylic acid groups (broad SMARTS) is 1. The number of benzene rings is 1. The van der Waals surface area contributed by atoms with Gasteiger partial charge in [0.05, 0.1) is 5.41 Å². The topological polar surface area (TPSA) is 57.6 Å². The predicted molar refractivity (Wildman–Crippen MR) is 178 cm³/mol. The molecule has 0 aliphatic heterocycles. The van der Waals surface area contributed by atoms with Gasteiger partial charge in [-0.25, -0.2) is 0 Å². The summed E-state index contributed by atoms with van der Waals surface area (Å²) in [5.74, 6) is 0.994. The molecule has 1 aromatic rings. The summed E-state index contributed by atoms with van der Waals surface area (Å²) in [4.78, 5) is 29.4. The van der Waals surface area contributed by atoms with Gasteiger partial charge in [0.15, 0.2) is 5.78 Å². The van der Waals surface area contributed by atoms with E-state index in [0.29, 0.717) is 23.5 Å². The Balaban J connectivity index is 1.50. The van der Waals surface area contributed by atoms with Gasteiger partial charge >= 0.3 is 5.97 Å². The Kier molecular flexibility index (Phi) is 7.23. The molecule has 4 nitrogen and oxygen atoms in total. The number of carbonyl (C=O) groups excluding carboxylic acids is 1. The van der Waals surface area contributed by atoms with Crippen molar-refractivity contribution in [2.75, 3.05) is 14.1 Å². The van der Waals surface area contributed by atoms with E-state index in [2.05, 4.69) is 91.1 Å². The molecule has 4 heteroatoms. The van der Waals surface area contributed by atoms with E-state index in [1.807, 2.05) is 19.0 Å². The number of hydrogen-bond donors (Lipinski definition) is 1. The third-order valence-electron chi connectivity index (χ3n) is 15.1. The molecule has 0 amide bonds. The molecule has 9 atom stereocenters. The number of Topliss-reactive ketones (excluding diaryl/α,β-unsaturated/α-hetero) is 1. The molecular formula is C40H57NO3. The lowest BCUT2D eigenvalue weighted by molar-refractivity contribution is -0.193. The largest absolute Gasteiger partial charge is 0.481 e. The second-order valence-corrected chi connectivity index (χ2v) is 17.6. The minimum atomic E-state index is -0.702. The highest BCUT2D eigenvalue weighted by atomic mass is 16.4. The van der Waals surface area contributed by atoms with Gasteiger partial charge in [-0.3, -0.25) is 9.59 Å². The van der Waals surface area contributed by atoms with Crippen molar-refractivity contribution in [1.29, 1.82) is 0 Å². The molecule has 0 spiro atoms. The number of rotatable bonds is 4. The molecular weight excluding hydrogens is 542 g/mol. The van der Waals surface area contributed by atoms with Crippen LogP contribution in [0.5, 0.6) is 0 Å². The van der Waals surface area contributed by atoms with E-state index in [1.165, 1.54) is 11.1 Å². The summed E-state index contributed by atoms with van der Waals surface area (Å²) in [7, 11) is 4.05. The number of carboxylic acids is 1. The molecule has 5 aliphatic carbocycles. The van der Waals surface area contributed by atoms with Crippen LogP contribution >= 0.6 is 0 Å². The third-order valence-corrected chi connectivity index (χ3v) is 15.1. The van der Waals surface area contributed by atoms with Crippen LogP contribution in [-0.4, -0.2) is 35.9 Å². The standard InChI is InChI=1S/C40H57NO3/c1-26-17-20-40(34(43)44)22-21-38(6)29(32(40)36(26,4)23-27-13-11-10-12-14-27)15-16-31-37(5)24-28(25-41(8)9)33(42)35(2,3)30(37)18-19-39(31,38)7/h10-15,25-26,30-32H,16-24H2,1-9H3,(H,43,44)/t26-,30+,31-,32-,36+,37+,38-,39-,40+/m1/s1. The van der Waals surface area contributed by atoms with Gasteiger partial charge < -0.3 is 10.0 Å². The quantitative estimate of drug-likeness (QED) is 0.277. The van der Waals surface area contributed by atoms with Crippen LogP contribution < -0.4 is 0 Å². The molecule has 4 fully saturated rings. The fourth-order valence-corrected chi connectivity index (χ4v) is 12.6. The monoisotopic (exact) mass is 599 g/mol. The summed E-state index contributed by atoms with van der Waals surface area (Å²) < 4.78 is 0. The van der Waals surface area contributed by atoms with E-state index in [4.69, 9.17) is 0 Å². The van der Waals surface area contributed by atoms with Crippen LogP contribution in [0.1, 0.15) is 105 Å². The molecule has 0 radical (unpaired) electrons. The normalized spacial score (nSPS) is 45.3. The van der Waals surface area contributed by atoms with E-state index in [9.17, 15) is 14.7 Å². The van der Waals surface area contributed by atoms with Crippen molar-refractivity contribution in [3.8, 4) is 0 Å². The summed E-state index contributed by atoms with van der Waals surface area (Å²) in [6, 6.07) is 10.8. The Morgan fingerprint density at radius 2 is 1.64 bits per heavy atom. The maximum atomic E-state index is 13.9. The Hall–Kier alpha value is -2.36. The second-order valence-electron chi connectivity index (χ2n) is 17.6. The van der Waals surface area contributed by atoms with Crippen molar-refractivity contribution in [1.82, 2.24) is 4.90 Å². The van der Waals surface area contributed by atoms with Crippen LogP contribution in [-0.2, 0) is 16.0 Å². The highest BCUT2D eigenvalue weighted by Gasteiger charge is 2.71. The summed E-state index contributed by atoms with van der Waals surface area (Å²) in [5.41, 5.74) is 2.51. The Morgan fingerprint density at radius 1 is 0.955 bits per heavy atom. The van der Waals surface area contributed by atoms with Gasteiger partial charge in [0.25, 0.3) is 0 Å². The first-order valence-electron chi connectivity index (χ1n) is 17.4. The number of nitrogens with zero attached hydrogens (tertiary/aromatic N) is 1. The minimum Gasteiger partial charge on any atom is -0.481 e. The van der Waals surface area contributed by atoms with Crippen molar-refractivity contribution in [3.05, 3.63) is 59.3 Å². The predicted octanol–water partition coefficient (Wildman–Crippen LogP) is 8.97. The van der Waals surface area contributed by atoms with Gasteiger partial charge in [-0.05, 0) is 103 Å². The second kappa shape index (κ2) is 10.1. The molecule has 0 saturated heterocycles. The first-order valence-corrected chi connectivity index (χ1v) is 17.4. The van der Waals surface area contributed by atoms with E-state index in [0.717, 1.165) is 63.4 Å². The Labute approximate surface area is 266 Å². The molecule has 0 aromatic heterocycles. The molecule has 240 valence electrons. The van der Waals surface area contributed by atoms with Crippen molar-refractivity contribution in [2.45, 2.75) is 106 Å².